The molecule has 0 fully saturated rings. The average molecular weight is 816 g/mol. The second-order valence-electron chi connectivity index (χ2n) is 16.4. The standard InChI is InChI=1S/C61H41N3/c1-5-19-42(20-6-1)47-37-48(43-21-7-2-8-22-43)39-51(38-47)64-58-31-17-14-28-53(58)60-52-27-13-16-30-57(52)63(59-32-18-15-29-54(59)61(60)64)50-35-33-44(34-36-50)49-40-55(45-23-9-3-10-24-45)62-56(41-49)46-25-11-4-12-26-46/h1-41H. The molecule has 64 heavy (non-hydrogen) atoms. The molecule has 3 heterocycles. The summed E-state index contributed by atoms with van der Waals surface area (Å²) in [7, 11) is 0. The Kier molecular flexibility index (Phi) is 9.16. The molecule has 9 aromatic carbocycles. The molecule has 0 unspecified atom stereocenters. The van der Waals surface area contributed by atoms with Gasteiger partial charge in [-0.2, -0.15) is 0 Å². The lowest BCUT2D eigenvalue weighted by Gasteiger charge is -2.27. The van der Waals surface area contributed by atoms with Gasteiger partial charge in [0, 0.05) is 44.6 Å². The first-order chi connectivity index (χ1) is 31.7. The van der Waals surface area contributed by atoms with Crippen LogP contribution in [0.3, 0.4) is 0 Å². The first kappa shape index (κ1) is 37.2. The Morgan fingerprint density at radius 3 is 1.31 bits per heavy atom. The van der Waals surface area contributed by atoms with Crippen LogP contribution in [0.1, 0.15) is 0 Å². The molecule has 1 aliphatic heterocycles. The van der Waals surface area contributed by atoms with E-state index in [1.165, 1.54) is 50.0 Å². The summed E-state index contributed by atoms with van der Waals surface area (Å²) >= 11 is 0. The van der Waals surface area contributed by atoms with Gasteiger partial charge in [0.05, 0.1) is 34.0 Å². The maximum Gasteiger partial charge on any atom is 0.0715 e. The second-order valence-corrected chi connectivity index (χ2v) is 16.4. The molecule has 11 aromatic rings. The Bertz CT molecular complexity index is 3350. The molecule has 0 spiro atoms. The van der Waals surface area contributed by atoms with Crippen LogP contribution in [0.4, 0.5) is 17.1 Å². The van der Waals surface area contributed by atoms with Crippen LogP contribution in [-0.2, 0) is 0 Å². The largest absolute Gasteiger partial charge is 0.309 e. The van der Waals surface area contributed by atoms with Crippen molar-refractivity contribution in [1.82, 2.24) is 9.55 Å². The van der Waals surface area contributed by atoms with E-state index in [4.69, 9.17) is 4.98 Å². The van der Waals surface area contributed by atoms with Crippen molar-refractivity contribution in [2.24, 2.45) is 0 Å². The molecule has 0 saturated carbocycles. The topological polar surface area (TPSA) is 21.1 Å². The van der Waals surface area contributed by atoms with Gasteiger partial charge >= 0.3 is 0 Å². The Morgan fingerprint density at radius 1 is 0.297 bits per heavy atom. The van der Waals surface area contributed by atoms with Crippen LogP contribution in [0.5, 0.6) is 0 Å². The zero-order valence-corrected chi connectivity index (χ0v) is 35.0. The van der Waals surface area contributed by atoms with E-state index in [1.807, 2.05) is 0 Å². The van der Waals surface area contributed by atoms with Crippen LogP contribution in [0.25, 0.3) is 94.9 Å². The summed E-state index contributed by atoms with van der Waals surface area (Å²) < 4.78 is 2.50. The maximum absolute atomic E-state index is 5.15. The minimum Gasteiger partial charge on any atom is -0.309 e. The molecule has 0 amide bonds. The summed E-state index contributed by atoms with van der Waals surface area (Å²) in [4.78, 5) is 7.59. The second kappa shape index (κ2) is 15.7. The summed E-state index contributed by atoms with van der Waals surface area (Å²) in [5, 5.41) is 1.21. The molecule has 0 aliphatic carbocycles. The highest BCUT2D eigenvalue weighted by atomic mass is 15.2. The monoisotopic (exact) mass is 815 g/mol. The fourth-order valence-electron chi connectivity index (χ4n) is 9.54. The van der Waals surface area contributed by atoms with Crippen molar-refractivity contribution < 1.29 is 0 Å². The van der Waals surface area contributed by atoms with Crippen molar-refractivity contribution in [2.45, 2.75) is 0 Å². The summed E-state index contributed by atoms with van der Waals surface area (Å²) in [5.74, 6) is 0. The minimum absolute atomic E-state index is 0.951. The first-order valence-corrected chi connectivity index (χ1v) is 21.9. The van der Waals surface area contributed by atoms with Crippen molar-refractivity contribution >= 4 is 28.0 Å². The molecule has 0 saturated heterocycles. The molecule has 1 aliphatic rings. The third kappa shape index (κ3) is 6.50. The summed E-state index contributed by atoms with van der Waals surface area (Å²) in [6.45, 7) is 0. The highest BCUT2D eigenvalue weighted by Gasteiger charge is 2.31. The highest BCUT2D eigenvalue weighted by molar-refractivity contribution is 6.13. The van der Waals surface area contributed by atoms with Crippen molar-refractivity contribution in [3.8, 4) is 84.0 Å². The maximum atomic E-state index is 5.15. The third-order valence-corrected chi connectivity index (χ3v) is 12.5. The molecule has 0 bridgehead atoms. The normalized spacial score (nSPS) is 11.7. The van der Waals surface area contributed by atoms with Gasteiger partial charge in [-0.25, -0.2) is 4.98 Å². The van der Waals surface area contributed by atoms with E-state index in [9.17, 15) is 0 Å². The SMILES string of the molecule is c1ccc(-c2cc(-c3ccccc3)cc(-n3c4c(c5ccccc53)-c3ccccc3N(c3ccc(-c5cc(-c6ccccc6)nc(-c6ccccc6)c5)cc3)c3ccccc3-4)c2)cc1. The number of aromatic nitrogens is 2. The van der Waals surface area contributed by atoms with Gasteiger partial charge in [-0.15, -0.1) is 0 Å². The van der Waals surface area contributed by atoms with Gasteiger partial charge in [0.25, 0.3) is 0 Å². The number of hydrogen-bond donors (Lipinski definition) is 0. The van der Waals surface area contributed by atoms with Crippen molar-refractivity contribution in [2.75, 3.05) is 4.90 Å². The molecule has 0 atom stereocenters. The number of nitrogens with zero attached hydrogens (tertiary/aromatic N) is 3. The fraction of sp³-hybridized carbons (Fsp3) is 0. The van der Waals surface area contributed by atoms with E-state index in [0.717, 1.165) is 62.0 Å². The number of para-hydroxylation sites is 3. The molecular formula is C61H41N3. The van der Waals surface area contributed by atoms with Gasteiger partial charge in [-0.05, 0) is 94.0 Å². The number of fused-ring (bicyclic) bond motifs is 7. The molecule has 300 valence electrons. The van der Waals surface area contributed by atoms with Gasteiger partial charge in [-0.1, -0.05) is 188 Å². The predicted molar refractivity (Wildman–Crippen MR) is 267 cm³/mol. The number of benzene rings is 9. The van der Waals surface area contributed by atoms with Crippen LogP contribution in [0.2, 0.25) is 0 Å². The lowest BCUT2D eigenvalue weighted by molar-refractivity contribution is 1.14. The molecule has 2 aromatic heterocycles. The Balaban J connectivity index is 1.05. The van der Waals surface area contributed by atoms with Crippen LogP contribution < -0.4 is 4.90 Å². The minimum atomic E-state index is 0.951. The molecule has 3 heteroatoms. The van der Waals surface area contributed by atoms with Crippen LogP contribution in [0, 0.1) is 0 Å². The Morgan fingerprint density at radius 2 is 0.734 bits per heavy atom. The van der Waals surface area contributed by atoms with E-state index in [1.54, 1.807) is 0 Å². The quantitative estimate of drug-likeness (QED) is 0.160. The van der Waals surface area contributed by atoms with Crippen LogP contribution in [0.15, 0.2) is 249 Å². The van der Waals surface area contributed by atoms with Crippen molar-refractivity contribution in [3.63, 3.8) is 0 Å². The Labute approximate surface area is 373 Å². The average Bonchev–Trinajstić information content (AvgIpc) is 3.66. The summed E-state index contributed by atoms with van der Waals surface area (Å²) in [5.41, 5.74) is 21.4. The van der Waals surface area contributed by atoms with E-state index in [2.05, 4.69) is 258 Å². The zero-order chi connectivity index (χ0) is 42.4. The lowest BCUT2D eigenvalue weighted by Crippen LogP contribution is -2.11. The van der Waals surface area contributed by atoms with Gasteiger partial charge in [0.2, 0.25) is 0 Å². The number of pyridine rings is 1. The third-order valence-electron chi connectivity index (χ3n) is 12.5. The van der Waals surface area contributed by atoms with Gasteiger partial charge in [-0.3, -0.25) is 0 Å². The lowest BCUT2D eigenvalue weighted by atomic mass is 9.97. The van der Waals surface area contributed by atoms with Crippen LogP contribution in [-0.4, -0.2) is 9.55 Å². The number of rotatable bonds is 7. The van der Waals surface area contributed by atoms with Crippen molar-refractivity contribution in [1.29, 1.82) is 0 Å². The number of hydrogen-bond acceptors (Lipinski definition) is 2. The number of anilines is 3. The van der Waals surface area contributed by atoms with Crippen LogP contribution >= 0.6 is 0 Å². The summed E-state index contributed by atoms with van der Waals surface area (Å²) in [6, 6.07) is 89.6. The van der Waals surface area contributed by atoms with E-state index >= 15 is 0 Å². The molecule has 3 nitrogen and oxygen atoms in total. The van der Waals surface area contributed by atoms with E-state index in [-0.39, 0.29) is 0 Å². The summed E-state index contributed by atoms with van der Waals surface area (Å²) in [6.07, 6.45) is 0. The van der Waals surface area contributed by atoms with E-state index < -0.39 is 0 Å². The molecule has 0 radical (unpaired) electrons. The Hall–Kier alpha value is -8.53. The smallest absolute Gasteiger partial charge is 0.0715 e. The molecular weight excluding hydrogens is 775 g/mol. The highest BCUT2D eigenvalue weighted by Crippen LogP contribution is 2.54. The van der Waals surface area contributed by atoms with E-state index in [0.29, 0.717) is 0 Å². The first-order valence-electron chi connectivity index (χ1n) is 21.9. The predicted octanol–water partition coefficient (Wildman–Crippen LogP) is 16.5. The van der Waals surface area contributed by atoms with Gasteiger partial charge < -0.3 is 9.47 Å². The van der Waals surface area contributed by atoms with Gasteiger partial charge in [0.1, 0.15) is 0 Å². The van der Waals surface area contributed by atoms with Crippen molar-refractivity contribution in [3.05, 3.63) is 249 Å². The fourth-order valence-corrected chi connectivity index (χ4v) is 9.54. The molecule has 12 rings (SSSR count). The van der Waals surface area contributed by atoms with Gasteiger partial charge in [0.15, 0.2) is 0 Å². The molecule has 0 N–H and O–H groups in total. The zero-order valence-electron chi connectivity index (χ0n) is 35.0.